The van der Waals surface area contributed by atoms with Gasteiger partial charge in [-0.05, 0) is 26.8 Å². The van der Waals surface area contributed by atoms with Crippen LogP contribution in [0.15, 0.2) is 0 Å². The first kappa shape index (κ1) is 9.44. The molecule has 0 radical (unpaired) electrons. The van der Waals surface area contributed by atoms with Crippen LogP contribution in [0.4, 0.5) is 0 Å². The van der Waals surface area contributed by atoms with Crippen molar-refractivity contribution in [2.75, 3.05) is 26.7 Å². The van der Waals surface area contributed by atoms with E-state index in [0.717, 1.165) is 18.6 Å². The molecule has 1 saturated heterocycles. The van der Waals surface area contributed by atoms with Crippen LogP contribution in [0.2, 0.25) is 0 Å². The highest BCUT2D eigenvalue weighted by molar-refractivity contribution is 4.95. The van der Waals surface area contributed by atoms with Gasteiger partial charge in [-0.2, -0.15) is 0 Å². The van der Waals surface area contributed by atoms with Crippen LogP contribution in [0.3, 0.4) is 0 Å². The minimum atomic E-state index is 0.573. The third-order valence-electron chi connectivity index (χ3n) is 3.55. The normalized spacial score (nSPS) is 27.7. The van der Waals surface area contributed by atoms with Gasteiger partial charge in [0, 0.05) is 37.8 Å². The van der Waals surface area contributed by atoms with Crippen molar-refractivity contribution in [3.8, 4) is 0 Å². The van der Waals surface area contributed by atoms with Crippen molar-refractivity contribution in [2.24, 2.45) is 5.73 Å². The monoisotopic (exact) mass is 183 g/mol. The fourth-order valence-corrected chi connectivity index (χ4v) is 2.03. The molecule has 1 unspecified atom stereocenters. The molecule has 1 saturated carbocycles. The van der Waals surface area contributed by atoms with E-state index < -0.39 is 0 Å². The molecule has 0 amide bonds. The molecule has 3 nitrogen and oxygen atoms in total. The second kappa shape index (κ2) is 3.56. The van der Waals surface area contributed by atoms with Crippen LogP contribution < -0.4 is 5.73 Å². The Morgan fingerprint density at radius 3 is 2.46 bits per heavy atom. The molecule has 13 heavy (non-hydrogen) atoms. The van der Waals surface area contributed by atoms with Crippen molar-refractivity contribution in [3.63, 3.8) is 0 Å². The lowest BCUT2D eigenvalue weighted by Gasteiger charge is -2.47. The zero-order valence-corrected chi connectivity index (χ0v) is 8.74. The Kier molecular flexibility index (Phi) is 2.58. The van der Waals surface area contributed by atoms with Gasteiger partial charge < -0.3 is 5.73 Å². The molecule has 1 heterocycles. The molecule has 0 spiro atoms. The van der Waals surface area contributed by atoms with E-state index in [1.807, 2.05) is 0 Å². The van der Waals surface area contributed by atoms with Crippen molar-refractivity contribution < 1.29 is 0 Å². The number of likely N-dealkylation sites (N-methyl/N-ethyl adjacent to an activating group) is 1. The predicted molar refractivity (Wildman–Crippen MR) is 54.7 cm³/mol. The minimum absolute atomic E-state index is 0.573. The number of nitrogens with zero attached hydrogens (tertiary/aromatic N) is 2. The third kappa shape index (κ3) is 1.87. The van der Waals surface area contributed by atoms with Gasteiger partial charge in [0.1, 0.15) is 0 Å². The van der Waals surface area contributed by atoms with Crippen LogP contribution in [0, 0.1) is 0 Å². The molecule has 2 aliphatic rings. The summed E-state index contributed by atoms with van der Waals surface area (Å²) in [7, 11) is 2.27. The summed E-state index contributed by atoms with van der Waals surface area (Å²) in [4.78, 5) is 5.03. The van der Waals surface area contributed by atoms with E-state index in [-0.39, 0.29) is 0 Å². The molecule has 3 heteroatoms. The lowest BCUT2D eigenvalue weighted by atomic mass is 10.0. The van der Waals surface area contributed by atoms with Crippen LogP contribution in [0.5, 0.6) is 0 Å². The Balaban J connectivity index is 1.71. The van der Waals surface area contributed by atoms with Gasteiger partial charge in [0.05, 0.1) is 0 Å². The second-order valence-corrected chi connectivity index (χ2v) is 4.59. The van der Waals surface area contributed by atoms with E-state index >= 15 is 0 Å². The van der Waals surface area contributed by atoms with Crippen LogP contribution in [0.1, 0.15) is 19.8 Å². The number of likely N-dealkylation sites (tertiary alicyclic amines) is 1. The topological polar surface area (TPSA) is 32.5 Å². The van der Waals surface area contributed by atoms with E-state index in [1.165, 1.54) is 25.9 Å². The first-order chi connectivity index (χ1) is 6.22. The van der Waals surface area contributed by atoms with Gasteiger partial charge in [0.25, 0.3) is 0 Å². The third-order valence-corrected chi connectivity index (χ3v) is 3.55. The summed E-state index contributed by atoms with van der Waals surface area (Å²) in [6.45, 7) is 5.46. The molecule has 1 aliphatic carbocycles. The van der Waals surface area contributed by atoms with Gasteiger partial charge in [-0.3, -0.25) is 9.80 Å². The molecule has 2 rings (SSSR count). The number of rotatable bonds is 4. The average molecular weight is 183 g/mol. The Labute approximate surface area is 80.9 Å². The minimum Gasteiger partial charge on any atom is -0.329 e. The zero-order chi connectivity index (χ0) is 9.42. The molecular formula is C10H21N3. The highest BCUT2D eigenvalue weighted by atomic mass is 15.3. The molecule has 1 aliphatic heterocycles. The Hall–Kier alpha value is -0.120. The summed E-state index contributed by atoms with van der Waals surface area (Å²) in [5, 5.41) is 0. The predicted octanol–water partition coefficient (Wildman–Crippen LogP) is 0.112. The highest BCUT2D eigenvalue weighted by Gasteiger charge is 2.38. The fourth-order valence-electron chi connectivity index (χ4n) is 2.03. The van der Waals surface area contributed by atoms with Crippen LogP contribution in [0.25, 0.3) is 0 Å². The summed E-state index contributed by atoms with van der Waals surface area (Å²) in [5.41, 5.74) is 5.62. The van der Waals surface area contributed by atoms with Crippen molar-refractivity contribution in [3.05, 3.63) is 0 Å². The molecule has 0 aromatic carbocycles. The molecule has 0 aromatic rings. The van der Waals surface area contributed by atoms with Gasteiger partial charge in [0.15, 0.2) is 0 Å². The second-order valence-electron chi connectivity index (χ2n) is 4.59. The molecule has 76 valence electrons. The highest BCUT2D eigenvalue weighted by Crippen LogP contribution is 2.30. The lowest BCUT2D eigenvalue weighted by Crippen LogP contribution is -2.62. The van der Waals surface area contributed by atoms with E-state index in [9.17, 15) is 0 Å². The Morgan fingerprint density at radius 2 is 2.00 bits per heavy atom. The summed E-state index contributed by atoms with van der Waals surface area (Å²) in [6.07, 6.45) is 2.83. The van der Waals surface area contributed by atoms with E-state index in [1.54, 1.807) is 0 Å². The van der Waals surface area contributed by atoms with Gasteiger partial charge in [-0.15, -0.1) is 0 Å². The molecule has 0 aromatic heterocycles. The smallest absolute Gasteiger partial charge is 0.0350 e. The fraction of sp³-hybridized carbons (Fsp3) is 1.00. The molecule has 1 atom stereocenters. The number of hydrogen-bond acceptors (Lipinski definition) is 3. The standard InChI is InChI=1S/C10H21N3/c1-8(5-11)13-6-10(7-13)12(2)9-3-4-9/h8-10H,3-7,11H2,1-2H3. The Bertz CT molecular complexity index is 173. The Morgan fingerprint density at radius 1 is 1.38 bits per heavy atom. The van der Waals surface area contributed by atoms with Crippen LogP contribution in [-0.2, 0) is 0 Å². The number of hydrogen-bond donors (Lipinski definition) is 1. The maximum Gasteiger partial charge on any atom is 0.0350 e. The lowest BCUT2D eigenvalue weighted by molar-refractivity contribution is 0.0206. The first-order valence-electron chi connectivity index (χ1n) is 5.38. The number of nitrogens with two attached hydrogens (primary N) is 1. The van der Waals surface area contributed by atoms with Gasteiger partial charge in [0.2, 0.25) is 0 Å². The van der Waals surface area contributed by atoms with E-state index in [0.29, 0.717) is 6.04 Å². The van der Waals surface area contributed by atoms with Gasteiger partial charge >= 0.3 is 0 Å². The van der Waals surface area contributed by atoms with E-state index in [2.05, 4.69) is 23.8 Å². The van der Waals surface area contributed by atoms with Crippen molar-refractivity contribution in [1.82, 2.24) is 9.80 Å². The summed E-state index contributed by atoms with van der Waals surface area (Å²) >= 11 is 0. The van der Waals surface area contributed by atoms with Crippen molar-refractivity contribution >= 4 is 0 Å². The largest absolute Gasteiger partial charge is 0.329 e. The van der Waals surface area contributed by atoms with Crippen molar-refractivity contribution in [1.29, 1.82) is 0 Å². The molecule has 2 fully saturated rings. The average Bonchev–Trinajstić information content (AvgIpc) is 2.83. The maximum absolute atomic E-state index is 5.62. The summed E-state index contributed by atoms with van der Waals surface area (Å²) in [6, 6.07) is 2.28. The van der Waals surface area contributed by atoms with Gasteiger partial charge in [-0.1, -0.05) is 0 Å². The summed E-state index contributed by atoms with van der Waals surface area (Å²) < 4.78 is 0. The summed E-state index contributed by atoms with van der Waals surface area (Å²) in [5.74, 6) is 0. The SMILES string of the molecule is CC(CN)N1CC(N(C)C2CC2)C1. The van der Waals surface area contributed by atoms with Crippen molar-refractivity contribution in [2.45, 2.75) is 37.9 Å². The molecule has 2 N–H and O–H groups in total. The first-order valence-corrected chi connectivity index (χ1v) is 5.38. The zero-order valence-electron chi connectivity index (χ0n) is 8.74. The van der Waals surface area contributed by atoms with Crippen LogP contribution >= 0.6 is 0 Å². The maximum atomic E-state index is 5.62. The quantitative estimate of drug-likeness (QED) is 0.671. The van der Waals surface area contributed by atoms with Gasteiger partial charge in [-0.25, -0.2) is 0 Å². The molecule has 0 bridgehead atoms. The molecular weight excluding hydrogens is 162 g/mol. The van der Waals surface area contributed by atoms with Crippen LogP contribution in [-0.4, -0.2) is 54.6 Å². The van der Waals surface area contributed by atoms with E-state index in [4.69, 9.17) is 5.73 Å².